The average Bonchev–Trinajstić information content (AvgIpc) is 3.64. The van der Waals surface area contributed by atoms with Gasteiger partial charge in [0.15, 0.2) is 0 Å². The molecule has 0 bridgehead atoms. The number of nitrogens with one attached hydrogen (secondary N) is 2. The van der Waals surface area contributed by atoms with Crippen LogP contribution in [-0.2, 0) is 16.0 Å². The molecule has 262 valence electrons. The van der Waals surface area contributed by atoms with E-state index >= 15 is 0 Å². The van der Waals surface area contributed by atoms with Crippen molar-refractivity contribution in [1.29, 1.82) is 0 Å². The number of amides is 1. The molecule has 0 aromatic heterocycles. The van der Waals surface area contributed by atoms with Crippen LogP contribution in [0.1, 0.15) is 51.0 Å². The first-order valence-electron chi connectivity index (χ1n) is 17.4. The highest BCUT2D eigenvalue weighted by Crippen LogP contribution is 2.52. The zero-order chi connectivity index (χ0) is 35.6. The molecule has 0 aliphatic carbocycles. The summed E-state index contributed by atoms with van der Waals surface area (Å²) in [4.78, 5) is 28.3. The number of hydrogen-bond acceptors (Lipinski definition) is 6. The summed E-state index contributed by atoms with van der Waals surface area (Å²) in [7, 11) is 2.08. The van der Waals surface area contributed by atoms with Crippen LogP contribution in [0.25, 0.3) is 0 Å². The van der Waals surface area contributed by atoms with Gasteiger partial charge in [-0.05, 0) is 77.8 Å². The van der Waals surface area contributed by atoms with Crippen molar-refractivity contribution in [2.24, 2.45) is 0 Å². The molecule has 6 nitrogen and oxygen atoms in total. The van der Waals surface area contributed by atoms with Gasteiger partial charge >= 0.3 is 5.97 Å². The molecule has 5 aromatic carbocycles. The van der Waals surface area contributed by atoms with Gasteiger partial charge in [0, 0.05) is 23.5 Å². The van der Waals surface area contributed by atoms with Crippen molar-refractivity contribution in [1.82, 2.24) is 10.6 Å². The van der Waals surface area contributed by atoms with E-state index in [0.29, 0.717) is 24.2 Å². The van der Waals surface area contributed by atoms with E-state index in [-0.39, 0.29) is 17.3 Å². The van der Waals surface area contributed by atoms with Gasteiger partial charge in [-0.25, -0.2) is 4.79 Å². The smallest absolute Gasteiger partial charge is 0.326 e. The Morgan fingerprint density at radius 1 is 0.843 bits per heavy atom. The summed E-state index contributed by atoms with van der Waals surface area (Å²) in [5.74, 6) is -0.755. The first-order chi connectivity index (χ1) is 24.9. The minimum absolute atomic E-state index is 0.0326. The van der Waals surface area contributed by atoms with Gasteiger partial charge in [0.25, 0.3) is 5.91 Å². The fourth-order valence-corrected chi connectivity index (χ4v) is 9.36. The molecule has 6 rings (SSSR count). The molecule has 0 radical (unpaired) electrons. The molecular formula is C43H45N3O3S2. The molecule has 1 saturated heterocycles. The van der Waals surface area contributed by atoms with Crippen molar-refractivity contribution >= 4 is 41.1 Å². The Kier molecular flexibility index (Phi) is 12.2. The molecule has 1 amide bonds. The number of thioether (sulfide) groups is 2. The van der Waals surface area contributed by atoms with Gasteiger partial charge in [0.2, 0.25) is 0 Å². The molecule has 0 saturated carbocycles. The van der Waals surface area contributed by atoms with Crippen LogP contribution in [0, 0.1) is 0 Å². The van der Waals surface area contributed by atoms with E-state index in [9.17, 15) is 14.7 Å². The third-order valence-electron chi connectivity index (χ3n) is 9.62. The second-order valence-electron chi connectivity index (χ2n) is 12.9. The average molecular weight is 716 g/mol. The fraction of sp³-hybridized carbons (Fsp3) is 0.256. The SMILES string of the molecule is CSCC[C@H](NC(=O)c1cc(N(C)C2NCCC2SC(c2ccccc2)(c2ccccc2)c2ccccc2)ccc1Cc1ccccc1)C(=O)O. The summed E-state index contributed by atoms with van der Waals surface area (Å²) in [6, 6.07) is 47.4. The van der Waals surface area contributed by atoms with Crippen LogP contribution in [-0.4, -0.2) is 60.0 Å². The van der Waals surface area contributed by atoms with E-state index in [4.69, 9.17) is 0 Å². The normalized spacial score (nSPS) is 16.4. The van der Waals surface area contributed by atoms with E-state index in [1.165, 1.54) is 16.7 Å². The summed E-state index contributed by atoms with van der Waals surface area (Å²) in [6.45, 7) is 0.857. The number of aliphatic carboxylic acids is 1. The predicted molar refractivity (Wildman–Crippen MR) is 213 cm³/mol. The number of rotatable bonds is 15. The lowest BCUT2D eigenvalue weighted by atomic mass is 9.84. The van der Waals surface area contributed by atoms with Crippen LogP contribution in [0.15, 0.2) is 140 Å². The number of carbonyl (C=O) groups is 2. The largest absolute Gasteiger partial charge is 0.480 e. The van der Waals surface area contributed by atoms with Crippen LogP contribution in [0.3, 0.4) is 0 Å². The molecule has 1 fully saturated rings. The second-order valence-corrected chi connectivity index (χ2v) is 15.3. The van der Waals surface area contributed by atoms with E-state index in [0.717, 1.165) is 29.8 Å². The predicted octanol–water partition coefficient (Wildman–Crippen LogP) is 8.06. The number of hydrogen-bond donors (Lipinski definition) is 3. The van der Waals surface area contributed by atoms with Crippen molar-refractivity contribution in [2.45, 2.75) is 41.5 Å². The quantitative estimate of drug-likeness (QED) is 0.0947. The van der Waals surface area contributed by atoms with E-state index in [1.807, 2.05) is 60.5 Å². The minimum Gasteiger partial charge on any atom is -0.480 e. The standard InChI is InChI=1S/C43H45N3O3S2/c1-46(36-24-23-32(29-31-15-7-3-8-16-31)37(30-36)41(47)45-38(42(48)49)26-28-50-2)40-39(25-27-44-40)51-43(33-17-9-4-10-18-33,34-19-11-5-12-20-34)35-21-13-6-14-22-35/h3-24,30,38-40,44H,25-29H2,1-2H3,(H,45,47)(H,48,49)/t38-,39?,40?/m0/s1. The number of nitrogens with zero attached hydrogens (tertiary/aromatic N) is 1. The number of carboxylic acids is 1. The molecule has 1 aliphatic heterocycles. The van der Waals surface area contributed by atoms with Gasteiger partial charge in [0.1, 0.15) is 6.04 Å². The van der Waals surface area contributed by atoms with Crippen molar-refractivity contribution in [3.05, 3.63) is 173 Å². The lowest BCUT2D eigenvalue weighted by Crippen LogP contribution is -2.46. The summed E-state index contributed by atoms with van der Waals surface area (Å²) < 4.78 is -0.466. The lowest BCUT2D eigenvalue weighted by molar-refractivity contribution is -0.139. The number of carboxylic acid groups (broad SMARTS) is 1. The number of carbonyl (C=O) groups excluding carboxylic acids is 1. The van der Waals surface area contributed by atoms with E-state index < -0.39 is 16.8 Å². The highest BCUT2D eigenvalue weighted by atomic mass is 32.2. The number of anilines is 1. The van der Waals surface area contributed by atoms with Gasteiger partial charge in [0.05, 0.1) is 10.9 Å². The van der Waals surface area contributed by atoms with Crippen molar-refractivity contribution in [3.63, 3.8) is 0 Å². The highest BCUT2D eigenvalue weighted by molar-refractivity contribution is 8.01. The van der Waals surface area contributed by atoms with Gasteiger partial charge in [-0.15, -0.1) is 11.8 Å². The lowest BCUT2D eigenvalue weighted by Gasteiger charge is -2.40. The first-order valence-corrected chi connectivity index (χ1v) is 19.7. The minimum atomic E-state index is -1.02. The van der Waals surface area contributed by atoms with Gasteiger partial charge < -0.3 is 15.3 Å². The molecule has 1 aliphatic rings. The Bertz CT molecular complexity index is 1780. The molecule has 1 heterocycles. The van der Waals surface area contributed by atoms with Crippen molar-refractivity contribution in [2.75, 3.05) is 30.5 Å². The molecular weight excluding hydrogens is 671 g/mol. The summed E-state index contributed by atoms with van der Waals surface area (Å²) in [5, 5.41) is 16.7. The van der Waals surface area contributed by atoms with Crippen LogP contribution in [0.2, 0.25) is 0 Å². The zero-order valence-electron chi connectivity index (χ0n) is 29.1. The van der Waals surface area contributed by atoms with Gasteiger partial charge in [-0.2, -0.15) is 11.8 Å². The van der Waals surface area contributed by atoms with Crippen molar-refractivity contribution < 1.29 is 14.7 Å². The van der Waals surface area contributed by atoms with Gasteiger partial charge in [-0.3, -0.25) is 10.1 Å². The van der Waals surface area contributed by atoms with E-state index in [2.05, 4.69) is 120 Å². The zero-order valence-corrected chi connectivity index (χ0v) is 30.7. The molecule has 0 spiro atoms. The van der Waals surface area contributed by atoms with Gasteiger partial charge in [-0.1, -0.05) is 127 Å². The summed E-state index contributed by atoms with van der Waals surface area (Å²) in [6.07, 6.45) is 3.78. The van der Waals surface area contributed by atoms with Crippen LogP contribution >= 0.6 is 23.5 Å². The Hall–Kier alpha value is -4.50. The molecule has 5 aromatic rings. The molecule has 3 N–H and O–H groups in total. The second kappa shape index (κ2) is 17.1. The maximum Gasteiger partial charge on any atom is 0.326 e. The van der Waals surface area contributed by atoms with E-state index in [1.54, 1.807) is 11.8 Å². The first kappa shape index (κ1) is 36.3. The fourth-order valence-electron chi connectivity index (χ4n) is 6.98. The molecule has 2 unspecified atom stereocenters. The maximum atomic E-state index is 13.9. The molecule has 51 heavy (non-hydrogen) atoms. The van der Waals surface area contributed by atoms with Crippen molar-refractivity contribution in [3.8, 4) is 0 Å². The summed E-state index contributed by atoms with van der Waals surface area (Å²) in [5.41, 5.74) is 6.98. The van der Waals surface area contributed by atoms with Crippen LogP contribution in [0.5, 0.6) is 0 Å². The maximum absolute atomic E-state index is 13.9. The Morgan fingerprint density at radius 2 is 1.39 bits per heavy atom. The Balaban J connectivity index is 1.36. The summed E-state index contributed by atoms with van der Waals surface area (Å²) >= 11 is 3.54. The Morgan fingerprint density at radius 3 is 1.92 bits per heavy atom. The highest BCUT2D eigenvalue weighted by Gasteiger charge is 2.43. The topological polar surface area (TPSA) is 81.7 Å². The number of benzene rings is 5. The monoisotopic (exact) mass is 715 g/mol. The molecule has 3 atom stereocenters. The Labute approximate surface area is 310 Å². The third-order valence-corrected chi connectivity index (χ3v) is 12.1. The van der Waals surface area contributed by atoms with Crippen LogP contribution in [0.4, 0.5) is 5.69 Å². The third kappa shape index (κ3) is 8.36. The van der Waals surface area contributed by atoms with Crippen LogP contribution < -0.4 is 15.5 Å². The molecule has 8 heteroatoms.